The molecule has 0 spiro atoms. The van der Waals surface area contributed by atoms with Crippen LogP contribution in [-0.2, 0) is 14.4 Å². The SMILES string of the molecule is O=C(O)/C=C(/C(=O)CC(=O)O)C1=Cc2ccc(O)cc2OC1. The average Bonchev–Trinajstić information content (AvgIpc) is 2.43. The van der Waals surface area contributed by atoms with Crippen LogP contribution in [0, 0.1) is 0 Å². The zero-order valence-corrected chi connectivity index (χ0v) is 11.3. The largest absolute Gasteiger partial charge is 0.508 e. The normalized spacial score (nSPS) is 13.6. The predicted octanol–water partition coefficient (Wildman–Crippen LogP) is 1.22. The van der Waals surface area contributed by atoms with E-state index in [9.17, 15) is 19.5 Å². The summed E-state index contributed by atoms with van der Waals surface area (Å²) in [5.41, 5.74) is 0.610. The topological polar surface area (TPSA) is 121 Å². The van der Waals surface area contributed by atoms with Crippen molar-refractivity contribution in [1.82, 2.24) is 0 Å². The summed E-state index contributed by atoms with van der Waals surface area (Å²) in [6, 6.07) is 4.35. The Morgan fingerprint density at radius 3 is 2.59 bits per heavy atom. The third-order valence-electron chi connectivity index (χ3n) is 2.94. The molecule has 0 saturated carbocycles. The van der Waals surface area contributed by atoms with Crippen LogP contribution in [-0.4, -0.2) is 39.6 Å². The number of rotatable bonds is 5. The van der Waals surface area contributed by atoms with Gasteiger partial charge in [0.15, 0.2) is 5.78 Å². The highest BCUT2D eigenvalue weighted by Crippen LogP contribution is 2.32. The van der Waals surface area contributed by atoms with Gasteiger partial charge in [0, 0.05) is 28.9 Å². The maximum Gasteiger partial charge on any atom is 0.329 e. The van der Waals surface area contributed by atoms with E-state index in [1.54, 1.807) is 6.07 Å². The van der Waals surface area contributed by atoms with Crippen molar-refractivity contribution < 1.29 is 34.4 Å². The van der Waals surface area contributed by atoms with Crippen molar-refractivity contribution in [1.29, 1.82) is 0 Å². The Morgan fingerprint density at radius 1 is 1.23 bits per heavy atom. The van der Waals surface area contributed by atoms with E-state index in [2.05, 4.69) is 0 Å². The molecule has 1 aromatic carbocycles. The molecule has 114 valence electrons. The minimum atomic E-state index is -1.36. The van der Waals surface area contributed by atoms with Gasteiger partial charge in [-0.15, -0.1) is 0 Å². The molecule has 1 aliphatic rings. The van der Waals surface area contributed by atoms with Crippen molar-refractivity contribution in [3.63, 3.8) is 0 Å². The first-order valence-corrected chi connectivity index (χ1v) is 6.23. The number of benzene rings is 1. The van der Waals surface area contributed by atoms with Gasteiger partial charge in [0.1, 0.15) is 24.5 Å². The molecule has 0 bridgehead atoms. The second-order valence-corrected chi connectivity index (χ2v) is 4.57. The molecule has 7 nitrogen and oxygen atoms in total. The van der Waals surface area contributed by atoms with Crippen LogP contribution in [0.1, 0.15) is 12.0 Å². The van der Waals surface area contributed by atoms with Gasteiger partial charge in [-0.2, -0.15) is 0 Å². The van der Waals surface area contributed by atoms with Gasteiger partial charge in [-0.3, -0.25) is 9.59 Å². The number of phenols is 1. The van der Waals surface area contributed by atoms with Crippen LogP contribution in [0.5, 0.6) is 11.5 Å². The third-order valence-corrected chi connectivity index (χ3v) is 2.94. The number of hydrogen-bond acceptors (Lipinski definition) is 5. The van der Waals surface area contributed by atoms with Crippen molar-refractivity contribution in [2.75, 3.05) is 6.61 Å². The maximum absolute atomic E-state index is 11.9. The summed E-state index contributed by atoms with van der Waals surface area (Å²) >= 11 is 0. The summed E-state index contributed by atoms with van der Waals surface area (Å²) in [6.45, 7) is -0.0963. The fourth-order valence-corrected chi connectivity index (χ4v) is 2.02. The standard InChI is InChI=1S/C15H12O7/c16-10-2-1-8-3-9(7-22-13(8)4-10)11(5-14(18)19)12(17)6-15(20)21/h1-5,16H,6-7H2,(H,18,19)(H,20,21)/b11-5+. The average molecular weight is 304 g/mol. The third kappa shape index (κ3) is 3.51. The molecule has 0 atom stereocenters. The predicted molar refractivity (Wildman–Crippen MR) is 74.6 cm³/mol. The maximum atomic E-state index is 11.9. The van der Waals surface area contributed by atoms with E-state index in [-0.39, 0.29) is 23.5 Å². The Hall–Kier alpha value is -3.09. The van der Waals surface area contributed by atoms with Gasteiger partial charge >= 0.3 is 11.9 Å². The van der Waals surface area contributed by atoms with Gasteiger partial charge in [0.25, 0.3) is 0 Å². The highest BCUT2D eigenvalue weighted by Gasteiger charge is 2.22. The highest BCUT2D eigenvalue weighted by atomic mass is 16.5. The van der Waals surface area contributed by atoms with Crippen LogP contribution in [0.25, 0.3) is 6.08 Å². The summed E-state index contributed by atoms with van der Waals surface area (Å²) in [5, 5.41) is 26.9. The molecule has 0 fully saturated rings. The number of ketones is 1. The van der Waals surface area contributed by atoms with E-state index >= 15 is 0 Å². The lowest BCUT2D eigenvalue weighted by Gasteiger charge is -2.19. The second-order valence-electron chi connectivity index (χ2n) is 4.57. The van der Waals surface area contributed by atoms with Crippen molar-refractivity contribution in [2.24, 2.45) is 0 Å². The smallest absolute Gasteiger partial charge is 0.329 e. The summed E-state index contributed by atoms with van der Waals surface area (Å²) in [7, 11) is 0. The number of carbonyl (C=O) groups excluding carboxylic acids is 1. The molecule has 0 saturated heterocycles. The second kappa shape index (κ2) is 6.13. The van der Waals surface area contributed by atoms with Crippen molar-refractivity contribution in [3.05, 3.63) is 41.0 Å². The Labute approximate surface area is 124 Å². The molecule has 0 radical (unpaired) electrons. The lowest BCUT2D eigenvalue weighted by atomic mass is 9.96. The van der Waals surface area contributed by atoms with Gasteiger partial charge in [-0.1, -0.05) is 0 Å². The zero-order valence-electron chi connectivity index (χ0n) is 11.3. The number of carboxylic acid groups (broad SMARTS) is 2. The molecule has 1 aromatic rings. The molecular formula is C15H12O7. The number of hydrogen-bond donors (Lipinski definition) is 3. The molecule has 7 heteroatoms. The molecule has 1 heterocycles. The first-order valence-electron chi connectivity index (χ1n) is 6.23. The lowest BCUT2D eigenvalue weighted by molar-refractivity contribution is -0.139. The van der Waals surface area contributed by atoms with E-state index in [1.165, 1.54) is 18.2 Å². The monoisotopic (exact) mass is 304 g/mol. The Balaban J connectivity index is 2.41. The number of carboxylic acids is 2. The Morgan fingerprint density at radius 2 is 1.95 bits per heavy atom. The molecule has 0 unspecified atom stereocenters. The van der Waals surface area contributed by atoms with Gasteiger partial charge in [-0.25, -0.2) is 4.79 Å². The number of carbonyl (C=O) groups is 3. The molecule has 0 aliphatic carbocycles. The number of Topliss-reactive ketones (excluding diaryl/α,β-unsaturated/α-hetero) is 1. The molecule has 0 aromatic heterocycles. The van der Waals surface area contributed by atoms with Crippen molar-refractivity contribution in [2.45, 2.75) is 6.42 Å². The van der Waals surface area contributed by atoms with E-state index in [1.807, 2.05) is 0 Å². The summed E-state index contributed by atoms with van der Waals surface area (Å²) in [5.74, 6) is -3.11. The van der Waals surface area contributed by atoms with Gasteiger partial charge in [0.05, 0.1) is 0 Å². The van der Waals surface area contributed by atoms with Crippen LogP contribution in [0.15, 0.2) is 35.4 Å². The van der Waals surface area contributed by atoms with Gasteiger partial charge in [0.2, 0.25) is 0 Å². The van der Waals surface area contributed by atoms with E-state index in [4.69, 9.17) is 14.9 Å². The summed E-state index contributed by atoms with van der Waals surface area (Å²) in [6.07, 6.45) is 1.40. The molecule has 3 N–H and O–H groups in total. The zero-order chi connectivity index (χ0) is 16.3. The molecular weight excluding hydrogens is 292 g/mol. The minimum Gasteiger partial charge on any atom is -0.508 e. The number of aromatic hydroxyl groups is 1. The van der Waals surface area contributed by atoms with Gasteiger partial charge in [-0.05, 0) is 18.2 Å². The van der Waals surface area contributed by atoms with Crippen LogP contribution in [0.3, 0.4) is 0 Å². The van der Waals surface area contributed by atoms with E-state index < -0.39 is 24.1 Å². The Bertz CT molecular complexity index is 713. The summed E-state index contributed by atoms with van der Waals surface area (Å²) < 4.78 is 5.37. The van der Waals surface area contributed by atoms with Crippen molar-refractivity contribution >= 4 is 23.8 Å². The van der Waals surface area contributed by atoms with Crippen molar-refractivity contribution in [3.8, 4) is 11.5 Å². The van der Waals surface area contributed by atoms with E-state index in [0.717, 1.165) is 0 Å². The van der Waals surface area contributed by atoms with Crippen LogP contribution < -0.4 is 4.74 Å². The molecule has 22 heavy (non-hydrogen) atoms. The van der Waals surface area contributed by atoms with Crippen LogP contribution in [0.2, 0.25) is 0 Å². The fraction of sp³-hybridized carbons (Fsp3) is 0.133. The number of phenolic OH excluding ortho intramolecular Hbond substituents is 1. The number of fused-ring (bicyclic) bond motifs is 1. The van der Waals surface area contributed by atoms with Crippen LogP contribution in [0.4, 0.5) is 0 Å². The molecule has 2 rings (SSSR count). The first kappa shape index (κ1) is 15.3. The highest BCUT2D eigenvalue weighted by molar-refractivity contribution is 6.11. The lowest BCUT2D eigenvalue weighted by Crippen LogP contribution is -2.17. The quantitative estimate of drug-likeness (QED) is 0.552. The minimum absolute atomic E-state index is 0.0128. The number of ether oxygens (including phenoxy) is 1. The van der Waals surface area contributed by atoms with Gasteiger partial charge < -0.3 is 20.1 Å². The number of aliphatic carboxylic acids is 2. The Kier molecular flexibility index (Phi) is 4.26. The van der Waals surface area contributed by atoms with E-state index in [0.29, 0.717) is 17.4 Å². The summed E-state index contributed by atoms with van der Waals surface area (Å²) in [4.78, 5) is 33.4. The first-order chi connectivity index (χ1) is 10.4. The fourth-order valence-electron chi connectivity index (χ4n) is 2.02. The van der Waals surface area contributed by atoms with Crippen LogP contribution >= 0.6 is 0 Å². The molecule has 0 amide bonds. The molecule has 1 aliphatic heterocycles.